The van der Waals surface area contributed by atoms with E-state index >= 15 is 0 Å². The van der Waals surface area contributed by atoms with Gasteiger partial charge in [0.1, 0.15) is 12.1 Å². The summed E-state index contributed by atoms with van der Waals surface area (Å²) >= 11 is 0. The van der Waals surface area contributed by atoms with Crippen molar-refractivity contribution in [2.75, 3.05) is 11.9 Å². The largest absolute Gasteiger partial charge is 0.329 e. The lowest BCUT2D eigenvalue weighted by Crippen LogP contribution is -2.10. The highest BCUT2D eigenvalue weighted by Gasteiger charge is 2.09. The normalized spacial score (nSPS) is 10.1. The number of benzene rings is 1. The maximum Gasteiger partial charge on any atom is 0.136 e. The summed E-state index contributed by atoms with van der Waals surface area (Å²) in [6, 6.07) is 8.14. The predicted molar refractivity (Wildman–Crippen MR) is 86.9 cm³/mol. The average molecular weight is 283 g/mol. The molecule has 3 rings (SSSR count). The lowest BCUT2D eigenvalue weighted by atomic mass is 10.2. The van der Waals surface area contributed by atoms with Crippen LogP contribution in [0.3, 0.4) is 0 Å². The second kappa shape index (κ2) is 6.35. The lowest BCUT2D eigenvalue weighted by molar-refractivity contribution is 0.751. The molecule has 1 aromatic carbocycles. The van der Waals surface area contributed by atoms with Crippen LogP contribution in [0.25, 0.3) is 10.9 Å². The SMILES string of the molecule is CC.Cc1c2ccc(N(C)c3ccncn3)cc2nn1C. The first-order chi connectivity index (χ1) is 10.2. The van der Waals surface area contributed by atoms with Gasteiger partial charge in [-0.3, -0.25) is 4.68 Å². The molecule has 5 nitrogen and oxygen atoms in total. The minimum atomic E-state index is 0.863. The van der Waals surface area contributed by atoms with Crippen molar-refractivity contribution in [3.8, 4) is 0 Å². The van der Waals surface area contributed by atoms with Crippen molar-refractivity contribution in [2.45, 2.75) is 20.8 Å². The summed E-state index contributed by atoms with van der Waals surface area (Å²) in [5, 5.41) is 5.69. The highest BCUT2D eigenvalue weighted by Crippen LogP contribution is 2.26. The third-order valence-electron chi connectivity index (χ3n) is 3.41. The summed E-state index contributed by atoms with van der Waals surface area (Å²) in [4.78, 5) is 10.2. The van der Waals surface area contributed by atoms with Gasteiger partial charge in [-0.05, 0) is 31.2 Å². The molecule has 0 aliphatic rings. The molecular formula is C16H21N5. The zero-order chi connectivity index (χ0) is 15.4. The lowest BCUT2D eigenvalue weighted by Gasteiger charge is -2.17. The molecule has 0 aliphatic heterocycles. The molecule has 0 atom stereocenters. The van der Waals surface area contributed by atoms with E-state index in [1.54, 1.807) is 12.5 Å². The van der Waals surface area contributed by atoms with Crippen LogP contribution in [-0.2, 0) is 7.05 Å². The first kappa shape index (κ1) is 15.0. The Kier molecular flexibility index (Phi) is 4.52. The quantitative estimate of drug-likeness (QED) is 0.722. The summed E-state index contributed by atoms with van der Waals surface area (Å²) in [6.07, 6.45) is 3.29. The standard InChI is InChI=1S/C14H15N5.C2H6/c1-10-12-5-4-11(8-13(12)17-19(10)3)18(2)14-6-7-15-9-16-14;1-2/h4-9H,1-3H3;1-2H3. The Balaban J connectivity index is 0.000000774. The van der Waals surface area contributed by atoms with Crippen molar-refractivity contribution >= 4 is 22.4 Å². The van der Waals surface area contributed by atoms with E-state index < -0.39 is 0 Å². The fraction of sp³-hybridized carbons (Fsp3) is 0.312. The number of hydrogen-bond acceptors (Lipinski definition) is 4. The van der Waals surface area contributed by atoms with E-state index in [0.29, 0.717) is 0 Å². The highest BCUT2D eigenvalue weighted by molar-refractivity contribution is 5.85. The van der Waals surface area contributed by atoms with Gasteiger partial charge in [0.15, 0.2) is 0 Å². The van der Waals surface area contributed by atoms with Crippen LogP contribution in [0.2, 0.25) is 0 Å². The van der Waals surface area contributed by atoms with E-state index in [-0.39, 0.29) is 0 Å². The average Bonchev–Trinajstić information content (AvgIpc) is 2.83. The Labute approximate surface area is 125 Å². The van der Waals surface area contributed by atoms with E-state index in [0.717, 1.165) is 17.0 Å². The summed E-state index contributed by atoms with van der Waals surface area (Å²) < 4.78 is 1.90. The molecule has 0 unspecified atom stereocenters. The number of aromatic nitrogens is 4. The van der Waals surface area contributed by atoms with Gasteiger partial charge in [-0.2, -0.15) is 5.10 Å². The van der Waals surface area contributed by atoms with Crippen LogP contribution in [0.5, 0.6) is 0 Å². The van der Waals surface area contributed by atoms with Crippen LogP contribution in [0.4, 0.5) is 11.5 Å². The molecule has 0 saturated heterocycles. The maximum absolute atomic E-state index is 4.51. The zero-order valence-corrected chi connectivity index (χ0v) is 13.2. The molecule has 0 aliphatic carbocycles. The zero-order valence-electron chi connectivity index (χ0n) is 13.2. The first-order valence-corrected chi connectivity index (χ1v) is 7.10. The van der Waals surface area contributed by atoms with Gasteiger partial charge in [0, 0.05) is 37.1 Å². The van der Waals surface area contributed by atoms with E-state index in [4.69, 9.17) is 0 Å². The molecule has 0 bridgehead atoms. The van der Waals surface area contributed by atoms with E-state index in [1.165, 1.54) is 11.1 Å². The minimum Gasteiger partial charge on any atom is -0.329 e. The van der Waals surface area contributed by atoms with Gasteiger partial charge in [-0.1, -0.05) is 13.8 Å². The second-order valence-corrected chi connectivity index (χ2v) is 4.54. The summed E-state index contributed by atoms with van der Waals surface area (Å²) in [6.45, 7) is 6.07. The van der Waals surface area contributed by atoms with Gasteiger partial charge < -0.3 is 4.90 Å². The van der Waals surface area contributed by atoms with Gasteiger partial charge in [0.25, 0.3) is 0 Å². The van der Waals surface area contributed by atoms with Gasteiger partial charge >= 0.3 is 0 Å². The van der Waals surface area contributed by atoms with Crippen molar-refractivity contribution in [3.63, 3.8) is 0 Å². The Morgan fingerprint density at radius 1 is 1.14 bits per heavy atom. The Bertz CT molecular complexity index is 718. The second-order valence-electron chi connectivity index (χ2n) is 4.54. The maximum atomic E-state index is 4.51. The fourth-order valence-electron chi connectivity index (χ4n) is 2.14. The third kappa shape index (κ3) is 2.86. The minimum absolute atomic E-state index is 0.863. The molecule has 110 valence electrons. The topological polar surface area (TPSA) is 46.8 Å². The van der Waals surface area contributed by atoms with Crippen molar-refractivity contribution < 1.29 is 0 Å². The van der Waals surface area contributed by atoms with Crippen molar-refractivity contribution in [1.82, 2.24) is 19.7 Å². The highest BCUT2D eigenvalue weighted by atomic mass is 15.3. The summed E-state index contributed by atoms with van der Waals surface area (Å²) in [5.74, 6) is 0.863. The molecule has 0 N–H and O–H groups in total. The fourth-order valence-corrected chi connectivity index (χ4v) is 2.14. The van der Waals surface area contributed by atoms with Crippen LogP contribution in [0.1, 0.15) is 19.5 Å². The number of nitrogens with zero attached hydrogens (tertiary/aromatic N) is 5. The van der Waals surface area contributed by atoms with Crippen LogP contribution in [-0.4, -0.2) is 26.8 Å². The number of anilines is 2. The smallest absolute Gasteiger partial charge is 0.136 e. The number of rotatable bonds is 2. The van der Waals surface area contributed by atoms with Gasteiger partial charge in [0.05, 0.1) is 5.52 Å². The number of aryl methyl sites for hydroxylation is 2. The summed E-state index contributed by atoms with van der Waals surface area (Å²) in [5.41, 5.74) is 3.23. The molecule has 3 aromatic rings. The van der Waals surface area contributed by atoms with Crippen LogP contribution in [0, 0.1) is 6.92 Å². The van der Waals surface area contributed by atoms with Crippen LogP contribution < -0.4 is 4.90 Å². The Morgan fingerprint density at radius 3 is 2.57 bits per heavy atom. The molecule has 0 radical (unpaired) electrons. The van der Waals surface area contributed by atoms with Crippen molar-refractivity contribution in [3.05, 3.63) is 42.5 Å². The van der Waals surface area contributed by atoms with Crippen molar-refractivity contribution in [1.29, 1.82) is 0 Å². The van der Waals surface area contributed by atoms with Crippen LogP contribution in [0.15, 0.2) is 36.8 Å². The van der Waals surface area contributed by atoms with E-state index in [1.807, 2.05) is 43.6 Å². The molecule has 0 amide bonds. The number of hydrogen-bond donors (Lipinski definition) is 0. The molecule has 0 fully saturated rings. The Morgan fingerprint density at radius 2 is 1.90 bits per heavy atom. The van der Waals surface area contributed by atoms with Crippen molar-refractivity contribution in [2.24, 2.45) is 7.05 Å². The molecule has 5 heteroatoms. The Hall–Kier alpha value is -2.43. The van der Waals surface area contributed by atoms with Gasteiger partial charge in [-0.25, -0.2) is 9.97 Å². The van der Waals surface area contributed by atoms with Gasteiger partial charge in [0.2, 0.25) is 0 Å². The van der Waals surface area contributed by atoms with E-state index in [2.05, 4.69) is 40.2 Å². The van der Waals surface area contributed by atoms with Gasteiger partial charge in [-0.15, -0.1) is 0 Å². The molecule has 0 spiro atoms. The monoisotopic (exact) mass is 283 g/mol. The molecule has 21 heavy (non-hydrogen) atoms. The molecular weight excluding hydrogens is 262 g/mol. The first-order valence-electron chi connectivity index (χ1n) is 7.10. The predicted octanol–water partition coefficient (Wildman–Crippen LogP) is 3.47. The number of fused-ring (bicyclic) bond motifs is 1. The molecule has 0 saturated carbocycles. The third-order valence-corrected chi connectivity index (χ3v) is 3.41. The van der Waals surface area contributed by atoms with Crippen LogP contribution >= 0.6 is 0 Å². The molecule has 2 heterocycles. The summed E-state index contributed by atoms with van der Waals surface area (Å²) in [7, 11) is 3.95. The van der Waals surface area contributed by atoms with E-state index in [9.17, 15) is 0 Å². The molecule has 2 aromatic heterocycles.